The number of para-hydroxylation sites is 2. The average molecular weight is 391 g/mol. The molecule has 4 aromatic rings. The molecule has 1 saturated carbocycles. The molecule has 0 radical (unpaired) electrons. The van der Waals surface area contributed by atoms with Crippen LogP contribution in [-0.4, -0.2) is 15.9 Å². The molecule has 1 fully saturated rings. The second-order valence-corrected chi connectivity index (χ2v) is 7.77. The van der Waals surface area contributed by atoms with Gasteiger partial charge in [-0.3, -0.25) is 4.79 Å². The van der Waals surface area contributed by atoms with Gasteiger partial charge in [0.2, 0.25) is 5.91 Å². The number of nitrogens with zero attached hydrogens (tertiary/aromatic N) is 1. The molecule has 2 aromatic carbocycles. The summed E-state index contributed by atoms with van der Waals surface area (Å²) in [7, 11) is 0. The lowest BCUT2D eigenvalue weighted by atomic mass is 10.1. The van der Waals surface area contributed by atoms with Gasteiger partial charge in [0.1, 0.15) is 23.0 Å². The fourth-order valence-corrected chi connectivity index (χ4v) is 3.99. The Bertz CT molecular complexity index is 1160. The zero-order valence-corrected chi connectivity index (χ0v) is 16.1. The Morgan fingerprint density at radius 1 is 1.31 bits per heavy atom. The van der Waals surface area contributed by atoms with E-state index in [1.54, 1.807) is 6.07 Å². The van der Waals surface area contributed by atoms with Crippen molar-refractivity contribution in [3.63, 3.8) is 0 Å². The van der Waals surface area contributed by atoms with Gasteiger partial charge in [-0.25, -0.2) is 9.37 Å². The van der Waals surface area contributed by atoms with E-state index in [1.807, 2.05) is 30.3 Å². The maximum atomic E-state index is 13.5. The first kappa shape index (κ1) is 17.9. The molecule has 0 saturated heterocycles. The Labute approximate surface area is 167 Å². The average Bonchev–Trinajstić information content (AvgIpc) is 3.22. The summed E-state index contributed by atoms with van der Waals surface area (Å²) in [6.45, 7) is 2.07. The molecule has 148 valence electrons. The number of amides is 1. The van der Waals surface area contributed by atoms with E-state index in [9.17, 15) is 9.18 Å². The SMILES string of the molecule is CCC[C@H](NC(=O)C1C[C@@H]1c1nc2ccccc2[nH]1)c1cc2cc(F)ccc2o1. The second kappa shape index (κ2) is 7.03. The van der Waals surface area contributed by atoms with Gasteiger partial charge >= 0.3 is 0 Å². The van der Waals surface area contributed by atoms with Gasteiger partial charge in [0.05, 0.1) is 17.1 Å². The van der Waals surface area contributed by atoms with Crippen LogP contribution in [0.25, 0.3) is 22.0 Å². The zero-order chi connectivity index (χ0) is 20.0. The lowest BCUT2D eigenvalue weighted by molar-refractivity contribution is -0.123. The Morgan fingerprint density at radius 2 is 2.17 bits per heavy atom. The third kappa shape index (κ3) is 3.39. The van der Waals surface area contributed by atoms with E-state index in [-0.39, 0.29) is 29.6 Å². The quantitative estimate of drug-likeness (QED) is 0.474. The van der Waals surface area contributed by atoms with Crippen molar-refractivity contribution in [3.8, 4) is 0 Å². The van der Waals surface area contributed by atoms with Crippen molar-refractivity contribution < 1.29 is 13.6 Å². The van der Waals surface area contributed by atoms with Crippen molar-refractivity contribution >= 4 is 27.9 Å². The Kier molecular flexibility index (Phi) is 4.34. The standard InChI is InChI=1S/C23H22FN3O2/c1-2-5-19(21-11-13-10-14(24)8-9-20(13)29-21)27-23(28)16-12-15(16)22-25-17-6-3-4-7-18(17)26-22/h3-4,6-11,15-16,19H,2,5,12H2,1H3,(H,25,26)(H,27,28)/t15-,16?,19-/m0/s1. The minimum absolute atomic E-state index is 0.0144. The summed E-state index contributed by atoms with van der Waals surface area (Å²) in [4.78, 5) is 20.8. The van der Waals surface area contributed by atoms with Crippen molar-refractivity contribution in [2.24, 2.45) is 5.92 Å². The number of H-pyrrole nitrogens is 1. The number of hydrogen-bond donors (Lipinski definition) is 2. The molecule has 0 bridgehead atoms. The van der Waals surface area contributed by atoms with Gasteiger partial charge in [-0.2, -0.15) is 0 Å². The zero-order valence-electron chi connectivity index (χ0n) is 16.1. The monoisotopic (exact) mass is 391 g/mol. The van der Waals surface area contributed by atoms with Crippen molar-refractivity contribution in [3.05, 3.63) is 65.9 Å². The number of hydrogen-bond acceptors (Lipinski definition) is 3. The summed E-state index contributed by atoms with van der Waals surface area (Å²) < 4.78 is 19.4. The van der Waals surface area contributed by atoms with Crippen LogP contribution in [0.4, 0.5) is 4.39 Å². The minimum atomic E-state index is -0.299. The Hall–Kier alpha value is -3.15. The van der Waals surface area contributed by atoms with Gasteiger partial charge < -0.3 is 14.7 Å². The molecule has 1 amide bonds. The molecule has 1 aliphatic carbocycles. The van der Waals surface area contributed by atoms with Crippen LogP contribution in [-0.2, 0) is 4.79 Å². The van der Waals surface area contributed by atoms with E-state index in [1.165, 1.54) is 12.1 Å². The van der Waals surface area contributed by atoms with Gasteiger partial charge in [-0.1, -0.05) is 25.5 Å². The fourth-order valence-electron chi connectivity index (χ4n) is 3.99. The summed E-state index contributed by atoms with van der Waals surface area (Å²) in [5.41, 5.74) is 2.54. The lowest BCUT2D eigenvalue weighted by Gasteiger charge is -2.15. The smallest absolute Gasteiger partial charge is 0.224 e. The minimum Gasteiger partial charge on any atom is -0.459 e. The van der Waals surface area contributed by atoms with Crippen molar-refractivity contribution in [2.75, 3.05) is 0 Å². The normalized spacial score (nSPS) is 19.5. The number of halogens is 1. The summed E-state index contributed by atoms with van der Waals surface area (Å²) in [6, 6.07) is 13.9. The third-order valence-electron chi connectivity index (χ3n) is 5.62. The summed E-state index contributed by atoms with van der Waals surface area (Å²) >= 11 is 0. The van der Waals surface area contributed by atoms with Crippen molar-refractivity contribution in [1.82, 2.24) is 15.3 Å². The highest BCUT2D eigenvalue weighted by Crippen LogP contribution is 2.47. The second-order valence-electron chi connectivity index (χ2n) is 7.77. The van der Waals surface area contributed by atoms with Crippen LogP contribution in [0, 0.1) is 11.7 Å². The van der Waals surface area contributed by atoms with Gasteiger partial charge in [0.15, 0.2) is 0 Å². The molecule has 2 aromatic heterocycles. The van der Waals surface area contributed by atoms with E-state index in [4.69, 9.17) is 4.42 Å². The number of benzene rings is 2. The number of carbonyl (C=O) groups excluding carboxylic acids is 1. The molecule has 2 heterocycles. The van der Waals surface area contributed by atoms with Gasteiger partial charge in [0.25, 0.3) is 0 Å². The van der Waals surface area contributed by atoms with E-state index in [2.05, 4.69) is 22.2 Å². The van der Waals surface area contributed by atoms with Gasteiger partial charge in [-0.05, 0) is 49.2 Å². The highest BCUT2D eigenvalue weighted by Gasteiger charge is 2.46. The molecular formula is C23H22FN3O2. The number of rotatable bonds is 6. The Morgan fingerprint density at radius 3 is 3.00 bits per heavy atom. The molecule has 6 heteroatoms. The summed E-state index contributed by atoms with van der Waals surface area (Å²) in [5.74, 6) is 1.29. The lowest BCUT2D eigenvalue weighted by Crippen LogP contribution is -2.30. The van der Waals surface area contributed by atoms with Crippen molar-refractivity contribution in [1.29, 1.82) is 0 Å². The summed E-state index contributed by atoms with van der Waals surface area (Å²) in [5, 5.41) is 3.85. The van der Waals surface area contributed by atoms with Crippen LogP contribution in [0.15, 0.2) is 52.9 Å². The number of aromatic amines is 1. The van der Waals surface area contributed by atoms with E-state index >= 15 is 0 Å². The number of carbonyl (C=O) groups is 1. The molecule has 3 atom stereocenters. The molecule has 1 unspecified atom stereocenters. The van der Waals surface area contributed by atoms with Crippen LogP contribution >= 0.6 is 0 Å². The largest absolute Gasteiger partial charge is 0.459 e. The third-order valence-corrected chi connectivity index (χ3v) is 5.62. The van der Waals surface area contributed by atoms with Crippen LogP contribution in [0.5, 0.6) is 0 Å². The molecule has 0 aliphatic heterocycles. The first-order valence-corrected chi connectivity index (χ1v) is 10.1. The van der Waals surface area contributed by atoms with Gasteiger partial charge in [-0.15, -0.1) is 0 Å². The van der Waals surface area contributed by atoms with Crippen LogP contribution in [0.3, 0.4) is 0 Å². The van der Waals surface area contributed by atoms with Crippen LogP contribution in [0.2, 0.25) is 0 Å². The topological polar surface area (TPSA) is 70.9 Å². The van der Waals surface area contributed by atoms with Crippen LogP contribution in [0.1, 0.15) is 49.7 Å². The molecule has 5 nitrogen and oxygen atoms in total. The van der Waals surface area contributed by atoms with E-state index < -0.39 is 0 Å². The maximum Gasteiger partial charge on any atom is 0.224 e. The first-order chi connectivity index (χ1) is 14.1. The number of fused-ring (bicyclic) bond motifs is 2. The Balaban J connectivity index is 1.32. The fraction of sp³-hybridized carbons (Fsp3) is 0.304. The molecule has 0 spiro atoms. The highest BCUT2D eigenvalue weighted by molar-refractivity contribution is 5.84. The van der Waals surface area contributed by atoms with E-state index in [0.29, 0.717) is 16.7 Å². The predicted octanol–water partition coefficient (Wildman–Crippen LogP) is 5.21. The van der Waals surface area contributed by atoms with Crippen molar-refractivity contribution in [2.45, 2.75) is 38.1 Å². The van der Waals surface area contributed by atoms with Gasteiger partial charge in [0, 0.05) is 17.2 Å². The summed E-state index contributed by atoms with van der Waals surface area (Å²) in [6.07, 6.45) is 2.44. The molecule has 5 rings (SSSR count). The molecule has 1 aliphatic rings. The van der Waals surface area contributed by atoms with E-state index in [0.717, 1.165) is 36.1 Å². The van der Waals surface area contributed by atoms with Crippen LogP contribution < -0.4 is 5.32 Å². The molecule has 29 heavy (non-hydrogen) atoms. The number of imidazole rings is 1. The number of nitrogens with one attached hydrogen (secondary N) is 2. The highest BCUT2D eigenvalue weighted by atomic mass is 19.1. The predicted molar refractivity (Wildman–Crippen MR) is 109 cm³/mol. The first-order valence-electron chi connectivity index (χ1n) is 10.1. The molecular weight excluding hydrogens is 369 g/mol. The molecule has 2 N–H and O–H groups in total. The number of furan rings is 1. The number of aromatic nitrogens is 2. The maximum absolute atomic E-state index is 13.5.